The third kappa shape index (κ3) is 3.09. The Bertz CT molecular complexity index is 263. The molecule has 0 radical (unpaired) electrons. The maximum Gasteiger partial charge on any atom is 0.412 e. The van der Waals surface area contributed by atoms with Gasteiger partial charge >= 0.3 is 6.18 Å². The molecule has 0 bridgehead atoms. The number of carbonyl (C=O) groups is 1. The van der Waals surface area contributed by atoms with E-state index < -0.39 is 18.1 Å². The number of nitrogens with two attached hydrogens (primary N) is 1. The molecule has 2 unspecified atom stereocenters. The number of rotatable bonds is 3. The highest BCUT2D eigenvalue weighted by molar-refractivity contribution is 5.82. The number of hydrogen-bond donors (Lipinski definition) is 2. The zero-order valence-electron chi connectivity index (χ0n) is 8.69. The summed E-state index contributed by atoms with van der Waals surface area (Å²) in [5.41, 5.74) is 4.87. The summed E-state index contributed by atoms with van der Waals surface area (Å²) in [6.45, 7) is 4.29. The molecule has 1 aliphatic rings. The van der Waals surface area contributed by atoms with Crippen LogP contribution in [0.5, 0.6) is 0 Å². The van der Waals surface area contributed by atoms with Crippen LogP contribution in [0, 0.1) is 11.3 Å². The Labute approximate surface area is 86.2 Å². The molecule has 1 saturated carbocycles. The van der Waals surface area contributed by atoms with Gasteiger partial charge < -0.3 is 11.1 Å². The Hall–Kier alpha value is -0.780. The van der Waals surface area contributed by atoms with Crippen LogP contribution in [-0.4, -0.2) is 24.7 Å². The van der Waals surface area contributed by atoms with E-state index in [1.54, 1.807) is 0 Å². The molecular formula is C9H15F3N2O. The lowest BCUT2D eigenvalue weighted by molar-refractivity contribution is -0.162. The second-order valence-electron chi connectivity index (χ2n) is 4.65. The summed E-state index contributed by atoms with van der Waals surface area (Å²) in [5, 5.41) is 2.22. The van der Waals surface area contributed by atoms with E-state index in [2.05, 4.69) is 5.32 Å². The van der Waals surface area contributed by atoms with Crippen LogP contribution in [-0.2, 0) is 4.79 Å². The lowest BCUT2D eigenvalue weighted by Crippen LogP contribution is -2.50. The molecule has 3 N–H and O–H groups in total. The van der Waals surface area contributed by atoms with E-state index >= 15 is 0 Å². The van der Waals surface area contributed by atoms with Crippen molar-refractivity contribution in [2.75, 3.05) is 6.54 Å². The Morgan fingerprint density at radius 1 is 1.60 bits per heavy atom. The number of nitrogens with one attached hydrogen (secondary N) is 1. The first kappa shape index (κ1) is 12.3. The van der Waals surface area contributed by atoms with Crippen LogP contribution in [0.2, 0.25) is 0 Å². The maximum atomic E-state index is 12.0. The van der Waals surface area contributed by atoms with Crippen molar-refractivity contribution in [1.29, 1.82) is 0 Å². The lowest BCUT2D eigenvalue weighted by Gasteiger charge is -2.15. The fourth-order valence-corrected chi connectivity index (χ4v) is 1.41. The van der Waals surface area contributed by atoms with Gasteiger partial charge in [-0.1, -0.05) is 13.8 Å². The van der Waals surface area contributed by atoms with Crippen molar-refractivity contribution in [2.45, 2.75) is 32.5 Å². The largest absolute Gasteiger partial charge is 0.412 e. The number of amides is 1. The van der Waals surface area contributed by atoms with Gasteiger partial charge in [0.2, 0.25) is 5.91 Å². The Balaban J connectivity index is 2.31. The van der Waals surface area contributed by atoms with Gasteiger partial charge in [0.05, 0.1) is 0 Å². The number of alkyl halides is 3. The van der Waals surface area contributed by atoms with Crippen LogP contribution >= 0.6 is 0 Å². The number of carbonyl (C=O) groups excluding carboxylic acids is 1. The fraction of sp³-hybridized carbons (Fsp3) is 0.889. The van der Waals surface area contributed by atoms with Gasteiger partial charge in [-0.2, -0.15) is 13.2 Å². The molecule has 0 heterocycles. The van der Waals surface area contributed by atoms with Gasteiger partial charge in [0, 0.05) is 6.54 Å². The molecule has 0 spiro atoms. The molecule has 88 valence electrons. The first-order valence-corrected chi connectivity index (χ1v) is 4.74. The minimum Gasteiger partial charge on any atom is -0.354 e. The van der Waals surface area contributed by atoms with Crippen LogP contribution in [0.4, 0.5) is 13.2 Å². The van der Waals surface area contributed by atoms with E-state index in [0.717, 1.165) is 6.42 Å². The van der Waals surface area contributed by atoms with Gasteiger partial charge in [-0.15, -0.1) is 0 Å². The van der Waals surface area contributed by atoms with Crippen molar-refractivity contribution in [3.8, 4) is 0 Å². The molecule has 1 rings (SSSR count). The molecule has 2 atom stereocenters. The van der Waals surface area contributed by atoms with E-state index in [1.807, 2.05) is 13.8 Å². The van der Waals surface area contributed by atoms with Crippen molar-refractivity contribution >= 4 is 5.91 Å². The van der Waals surface area contributed by atoms with Crippen LogP contribution in [0.25, 0.3) is 0 Å². The highest BCUT2D eigenvalue weighted by atomic mass is 19.4. The van der Waals surface area contributed by atoms with Crippen LogP contribution in [0.1, 0.15) is 20.3 Å². The van der Waals surface area contributed by atoms with Crippen molar-refractivity contribution in [3.63, 3.8) is 0 Å². The highest BCUT2D eigenvalue weighted by Crippen LogP contribution is 2.50. The van der Waals surface area contributed by atoms with E-state index in [9.17, 15) is 18.0 Å². The minimum atomic E-state index is -4.66. The fourth-order valence-electron chi connectivity index (χ4n) is 1.41. The van der Waals surface area contributed by atoms with Gasteiger partial charge in [0.25, 0.3) is 0 Å². The predicted molar refractivity (Wildman–Crippen MR) is 48.9 cm³/mol. The molecular weight excluding hydrogens is 209 g/mol. The summed E-state index contributed by atoms with van der Waals surface area (Å²) in [6.07, 6.45) is -3.74. The third-order valence-electron chi connectivity index (χ3n) is 2.88. The van der Waals surface area contributed by atoms with Gasteiger partial charge in [0.15, 0.2) is 6.04 Å². The summed E-state index contributed by atoms with van der Waals surface area (Å²) in [4.78, 5) is 11.0. The normalized spacial score (nSPS) is 25.9. The molecule has 0 aliphatic heterocycles. The molecule has 1 amide bonds. The average molecular weight is 224 g/mol. The molecule has 3 nitrogen and oxygen atoms in total. The summed E-state index contributed by atoms with van der Waals surface area (Å²) in [7, 11) is 0. The van der Waals surface area contributed by atoms with Gasteiger partial charge in [0.1, 0.15) is 0 Å². The van der Waals surface area contributed by atoms with Gasteiger partial charge in [-0.05, 0) is 17.8 Å². The first-order chi connectivity index (χ1) is 6.64. The smallest absolute Gasteiger partial charge is 0.354 e. The Morgan fingerprint density at radius 2 is 2.07 bits per heavy atom. The Morgan fingerprint density at radius 3 is 2.40 bits per heavy atom. The van der Waals surface area contributed by atoms with Crippen molar-refractivity contribution in [1.82, 2.24) is 5.32 Å². The van der Waals surface area contributed by atoms with E-state index in [0.29, 0.717) is 0 Å². The first-order valence-electron chi connectivity index (χ1n) is 4.74. The van der Waals surface area contributed by atoms with Gasteiger partial charge in [-0.3, -0.25) is 4.79 Å². The highest BCUT2D eigenvalue weighted by Gasteiger charge is 2.47. The zero-order valence-corrected chi connectivity index (χ0v) is 8.69. The summed E-state index contributed by atoms with van der Waals surface area (Å²) in [5.74, 6) is -0.882. The average Bonchev–Trinajstić information content (AvgIpc) is 2.67. The van der Waals surface area contributed by atoms with Crippen molar-refractivity contribution in [2.24, 2.45) is 17.1 Å². The maximum absolute atomic E-state index is 12.0. The number of hydrogen-bond acceptors (Lipinski definition) is 2. The van der Waals surface area contributed by atoms with Crippen molar-refractivity contribution in [3.05, 3.63) is 0 Å². The molecule has 0 aromatic rings. The zero-order chi connectivity index (χ0) is 11.9. The molecule has 1 fully saturated rings. The van der Waals surface area contributed by atoms with Crippen LogP contribution in [0.3, 0.4) is 0 Å². The molecule has 0 saturated heterocycles. The van der Waals surface area contributed by atoms with Crippen LogP contribution < -0.4 is 11.1 Å². The third-order valence-corrected chi connectivity index (χ3v) is 2.88. The second kappa shape index (κ2) is 3.66. The molecule has 6 heteroatoms. The standard InChI is InChI=1S/C9H15F3N2O/c1-8(2)3-5(8)4-14-7(15)6(13)9(10,11)12/h5-6H,3-4,13H2,1-2H3,(H,14,15). The lowest BCUT2D eigenvalue weighted by atomic mass is 10.1. The van der Waals surface area contributed by atoms with Crippen molar-refractivity contribution < 1.29 is 18.0 Å². The van der Waals surface area contributed by atoms with E-state index in [1.165, 1.54) is 0 Å². The summed E-state index contributed by atoms with van der Waals surface area (Å²) >= 11 is 0. The van der Waals surface area contributed by atoms with E-state index in [4.69, 9.17) is 5.73 Å². The second-order valence-corrected chi connectivity index (χ2v) is 4.65. The summed E-state index contributed by atoms with van der Waals surface area (Å²) in [6, 6.07) is -2.42. The molecule has 0 aromatic heterocycles. The monoisotopic (exact) mass is 224 g/mol. The molecule has 0 aromatic carbocycles. The van der Waals surface area contributed by atoms with E-state index in [-0.39, 0.29) is 17.9 Å². The summed E-state index contributed by atoms with van der Waals surface area (Å²) < 4.78 is 36.0. The molecule has 1 aliphatic carbocycles. The Kier molecular flexibility index (Phi) is 3.00. The number of halogens is 3. The molecule has 15 heavy (non-hydrogen) atoms. The minimum absolute atomic E-state index is 0.135. The predicted octanol–water partition coefficient (Wildman–Crippen LogP) is 1.04. The van der Waals surface area contributed by atoms with Crippen LogP contribution in [0.15, 0.2) is 0 Å². The van der Waals surface area contributed by atoms with Gasteiger partial charge in [-0.25, -0.2) is 0 Å². The quantitative estimate of drug-likeness (QED) is 0.752. The topological polar surface area (TPSA) is 55.1 Å². The SMILES string of the molecule is CC1(C)CC1CNC(=O)C(N)C(F)(F)F.